The maximum atomic E-state index is 13.1. The van der Waals surface area contributed by atoms with Crippen molar-refractivity contribution in [3.63, 3.8) is 0 Å². The van der Waals surface area contributed by atoms with Crippen LogP contribution in [-0.2, 0) is 20.0 Å². The lowest BCUT2D eigenvalue weighted by Crippen LogP contribution is -2.34. The Hall–Kier alpha value is -6.08. The smallest absolute Gasteiger partial charge is 0.323 e. The molecule has 0 aliphatic heterocycles. The van der Waals surface area contributed by atoms with Crippen LogP contribution in [0.2, 0.25) is 0 Å². The van der Waals surface area contributed by atoms with Crippen LogP contribution in [0.1, 0.15) is 0 Å². The topological polar surface area (TPSA) is 199 Å². The standard InChI is InChI=1S/C34H30N8O6S4/c43-31(35-23-10-3-1-4-11-23)37-27-16-8-18-29(21-27)51(45,46)41-33(49)39-25-14-7-15-26(20-25)40-34(50)42-52(47,48)30-19-9-17-28(22-30)38-32(44)36-24-12-5-2-6-13-24/h1-22H,(H2,35,37,43)(H2,36,38,44)(H2,39,41,49)(H2,40,42,50). The summed E-state index contributed by atoms with van der Waals surface area (Å²) in [6, 6.07) is 33.9. The summed E-state index contributed by atoms with van der Waals surface area (Å²) in [4.78, 5) is 24.4. The molecule has 5 aromatic carbocycles. The van der Waals surface area contributed by atoms with Gasteiger partial charge in [0.15, 0.2) is 10.2 Å². The Labute approximate surface area is 310 Å². The van der Waals surface area contributed by atoms with Gasteiger partial charge in [0.05, 0.1) is 9.79 Å². The largest absolute Gasteiger partial charge is 0.332 e. The molecule has 0 radical (unpaired) electrons. The predicted octanol–water partition coefficient (Wildman–Crippen LogP) is 6.33. The lowest BCUT2D eigenvalue weighted by molar-refractivity contribution is 0.261. The molecule has 0 heterocycles. The van der Waals surface area contributed by atoms with Gasteiger partial charge in [-0.1, -0.05) is 54.6 Å². The van der Waals surface area contributed by atoms with Crippen LogP contribution in [-0.4, -0.2) is 39.1 Å². The number of carbonyl (C=O) groups excluding carboxylic acids is 2. The molecule has 0 saturated carbocycles. The molecule has 266 valence electrons. The van der Waals surface area contributed by atoms with Crippen molar-refractivity contribution in [2.24, 2.45) is 0 Å². The maximum absolute atomic E-state index is 13.1. The van der Waals surface area contributed by atoms with E-state index in [1.54, 1.807) is 78.9 Å². The molecule has 5 aromatic rings. The van der Waals surface area contributed by atoms with Crippen molar-refractivity contribution in [1.29, 1.82) is 0 Å². The molecule has 0 aliphatic rings. The van der Waals surface area contributed by atoms with Gasteiger partial charge in [-0.3, -0.25) is 9.44 Å². The molecule has 0 saturated heterocycles. The van der Waals surface area contributed by atoms with E-state index in [4.69, 9.17) is 24.4 Å². The Bertz CT molecular complexity index is 2170. The highest BCUT2D eigenvalue weighted by molar-refractivity contribution is 7.92. The highest BCUT2D eigenvalue weighted by atomic mass is 32.2. The van der Waals surface area contributed by atoms with Crippen molar-refractivity contribution in [2.75, 3.05) is 31.9 Å². The second kappa shape index (κ2) is 16.8. The minimum absolute atomic E-state index is 0.154. The first-order valence-corrected chi connectivity index (χ1v) is 18.9. The van der Waals surface area contributed by atoms with Crippen molar-refractivity contribution in [3.05, 3.63) is 133 Å². The van der Waals surface area contributed by atoms with Gasteiger partial charge < -0.3 is 31.9 Å². The SMILES string of the molecule is O=C(Nc1ccccc1)Nc1cccc(S(=O)(=O)NC(=S)Nc2cccc(NC(=S)NS(=O)(=O)c3cccc(NC(=O)Nc4ccccc4)c3)c2)c1. The number of urea groups is 2. The van der Waals surface area contributed by atoms with Crippen molar-refractivity contribution in [1.82, 2.24) is 9.44 Å². The summed E-state index contributed by atoms with van der Waals surface area (Å²) in [5, 5.41) is 15.5. The van der Waals surface area contributed by atoms with E-state index in [1.165, 1.54) is 54.6 Å². The summed E-state index contributed by atoms with van der Waals surface area (Å²) >= 11 is 10.5. The van der Waals surface area contributed by atoms with E-state index in [-0.39, 0.29) is 31.4 Å². The normalized spacial score (nSPS) is 10.9. The van der Waals surface area contributed by atoms with E-state index >= 15 is 0 Å². The van der Waals surface area contributed by atoms with Gasteiger partial charge in [-0.15, -0.1) is 0 Å². The molecular weight excluding hydrogens is 745 g/mol. The van der Waals surface area contributed by atoms with Gasteiger partial charge in [0.25, 0.3) is 20.0 Å². The Morgan fingerprint density at radius 3 is 1.08 bits per heavy atom. The Morgan fingerprint density at radius 2 is 0.692 bits per heavy atom. The summed E-state index contributed by atoms with van der Waals surface area (Å²) in [6.45, 7) is 0. The third-order valence-corrected chi connectivity index (χ3v) is 10.1. The number of carbonyl (C=O) groups is 2. The van der Waals surface area contributed by atoms with Crippen molar-refractivity contribution >= 4 is 101 Å². The third kappa shape index (κ3) is 11.0. The van der Waals surface area contributed by atoms with Crippen molar-refractivity contribution < 1.29 is 26.4 Å². The van der Waals surface area contributed by atoms with E-state index in [0.717, 1.165) is 0 Å². The molecule has 0 spiro atoms. The molecule has 0 atom stereocenters. The molecule has 0 unspecified atom stereocenters. The number of benzene rings is 5. The molecule has 0 fully saturated rings. The predicted molar refractivity (Wildman–Crippen MR) is 211 cm³/mol. The highest BCUT2D eigenvalue weighted by Crippen LogP contribution is 2.20. The zero-order valence-electron chi connectivity index (χ0n) is 26.8. The van der Waals surface area contributed by atoms with Crippen LogP contribution < -0.4 is 41.3 Å². The van der Waals surface area contributed by atoms with Gasteiger partial charge in [-0.05, 0) is 103 Å². The van der Waals surface area contributed by atoms with Gasteiger partial charge in [-0.2, -0.15) is 0 Å². The van der Waals surface area contributed by atoms with Crippen molar-refractivity contribution in [2.45, 2.75) is 9.79 Å². The minimum atomic E-state index is -4.16. The zero-order valence-corrected chi connectivity index (χ0v) is 30.1. The van der Waals surface area contributed by atoms with E-state index < -0.39 is 32.1 Å². The fourth-order valence-corrected chi connectivity index (χ4v) is 7.26. The van der Waals surface area contributed by atoms with E-state index in [1.807, 2.05) is 0 Å². The maximum Gasteiger partial charge on any atom is 0.323 e. The van der Waals surface area contributed by atoms with Crippen LogP contribution in [0.4, 0.5) is 43.7 Å². The molecule has 0 bridgehead atoms. The molecule has 8 N–H and O–H groups in total. The van der Waals surface area contributed by atoms with E-state index in [2.05, 4.69) is 41.3 Å². The second-order valence-corrected chi connectivity index (χ2v) is 14.8. The number of hydrogen-bond donors (Lipinski definition) is 8. The Kier molecular flexibility index (Phi) is 12.0. The number of sulfonamides is 2. The van der Waals surface area contributed by atoms with Gasteiger partial charge in [0.2, 0.25) is 0 Å². The van der Waals surface area contributed by atoms with E-state index in [0.29, 0.717) is 22.7 Å². The molecule has 14 nitrogen and oxygen atoms in total. The van der Waals surface area contributed by atoms with Gasteiger partial charge in [-0.25, -0.2) is 26.4 Å². The number of nitrogens with one attached hydrogen (secondary N) is 8. The molecule has 4 amide bonds. The number of amides is 4. The van der Waals surface area contributed by atoms with Gasteiger partial charge >= 0.3 is 12.1 Å². The summed E-state index contributed by atoms with van der Waals surface area (Å²) in [5.41, 5.74) is 2.29. The zero-order chi connectivity index (χ0) is 37.1. The lowest BCUT2D eigenvalue weighted by atomic mass is 10.3. The highest BCUT2D eigenvalue weighted by Gasteiger charge is 2.19. The Morgan fingerprint density at radius 1 is 0.385 bits per heavy atom. The molecule has 52 heavy (non-hydrogen) atoms. The first-order valence-electron chi connectivity index (χ1n) is 15.1. The Balaban J connectivity index is 1.14. The molecule has 0 aliphatic carbocycles. The van der Waals surface area contributed by atoms with Crippen LogP contribution in [0.3, 0.4) is 0 Å². The number of rotatable bonds is 10. The first-order chi connectivity index (χ1) is 24.8. The van der Waals surface area contributed by atoms with Crippen LogP contribution in [0.15, 0.2) is 143 Å². The third-order valence-electron chi connectivity index (χ3n) is 6.70. The van der Waals surface area contributed by atoms with Crippen LogP contribution in [0.25, 0.3) is 0 Å². The molecule has 0 aromatic heterocycles. The van der Waals surface area contributed by atoms with Gasteiger partial charge in [0.1, 0.15) is 0 Å². The summed E-state index contributed by atoms with van der Waals surface area (Å²) < 4.78 is 56.9. The second-order valence-electron chi connectivity index (χ2n) is 10.6. The van der Waals surface area contributed by atoms with Crippen LogP contribution >= 0.6 is 24.4 Å². The van der Waals surface area contributed by atoms with E-state index in [9.17, 15) is 26.4 Å². The summed E-state index contributed by atoms with van der Waals surface area (Å²) in [6.07, 6.45) is 0. The first kappa shape index (κ1) is 37.2. The lowest BCUT2D eigenvalue weighted by Gasteiger charge is -2.15. The fraction of sp³-hybridized carbons (Fsp3) is 0. The monoisotopic (exact) mass is 774 g/mol. The van der Waals surface area contributed by atoms with Crippen molar-refractivity contribution in [3.8, 4) is 0 Å². The fourth-order valence-electron chi connectivity index (χ4n) is 4.46. The number of thiocarbonyl (C=S) groups is 2. The minimum Gasteiger partial charge on any atom is -0.332 e. The van der Waals surface area contributed by atoms with Crippen LogP contribution in [0, 0.1) is 0 Å². The van der Waals surface area contributed by atoms with Gasteiger partial charge in [0, 0.05) is 34.1 Å². The number of para-hydroxylation sites is 2. The summed E-state index contributed by atoms with van der Waals surface area (Å²) in [5.74, 6) is 0. The number of hydrogen-bond acceptors (Lipinski definition) is 8. The molecular formula is C34H30N8O6S4. The molecule has 18 heteroatoms. The number of anilines is 6. The average Bonchev–Trinajstić information content (AvgIpc) is 3.09. The quantitative estimate of drug-likeness (QED) is 0.0743. The molecule has 5 rings (SSSR count). The summed E-state index contributed by atoms with van der Waals surface area (Å²) in [7, 11) is -8.32. The van der Waals surface area contributed by atoms with Crippen LogP contribution in [0.5, 0.6) is 0 Å². The average molecular weight is 775 g/mol.